The second-order valence-corrected chi connectivity index (χ2v) is 7.81. The smallest absolute Gasteiger partial charge is 0.200 e. The first-order valence-corrected chi connectivity index (χ1v) is 10.5. The fourth-order valence-electron chi connectivity index (χ4n) is 4.08. The summed E-state index contributed by atoms with van der Waals surface area (Å²) in [6.45, 7) is 2.33. The van der Waals surface area contributed by atoms with Gasteiger partial charge in [0.25, 0.3) is 0 Å². The fraction of sp³-hybridized carbons (Fsp3) is 0.231. The minimum atomic E-state index is -0.843. The molecule has 3 aromatic rings. The summed E-state index contributed by atoms with van der Waals surface area (Å²) in [5.74, 6) is 0.880. The highest BCUT2D eigenvalue weighted by molar-refractivity contribution is 6.05. The van der Waals surface area contributed by atoms with Crippen LogP contribution in [-0.4, -0.2) is 30.7 Å². The summed E-state index contributed by atoms with van der Waals surface area (Å²) in [5, 5.41) is 23.8. The molecule has 0 saturated heterocycles. The Morgan fingerprint density at radius 2 is 1.82 bits per heavy atom. The number of furan rings is 1. The standard InChI is InChI=1S/C26H26FNO5/c1-15-20(9-16-10-23(31-2)26(30)24(11-16)32-3)19-7-6-17(27)12-22(19)21(15)13-25(29)28-14-18-5-4-8-33-18/h4-12,25,28-30H,13-14H2,1-3H3/b20-9-. The van der Waals surface area contributed by atoms with Crippen molar-refractivity contribution in [1.29, 1.82) is 0 Å². The third kappa shape index (κ3) is 4.65. The SMILES string of the molecule is COc1cc(/C=C2/C(C)=C(CC(O)NCc3ccco3)c3cc(F)ccc32)cc(OC)c1O. The Kier molecular flexibility index (Phi) is 6.53. The highest BCUT2D eigenvalue weighted by Gasteiger charge is 2.26. The molecule has 0 radical (unpaired) electrons. The first-order valence-electron chi connectivity index (χ1n) is 10.5. The summed E-state index contributed by atoms with van der Waals surface area (Å²) in [4.78, 5) is 0. The number of nitrogens with one attached hydrogen (secondary N) is 1. The number of hydrogen-bond acceptors (Lipinski definition) is 6. The summed E-state index contributed by atoms with van der Waals surface area (Å²) >= 11 is 0. The molecule has 0 saturated carbocycles. The predicted molar refractivity (Wildman–Crippen MR) is 124 cm³/mol. The average molecular weight is 451 g/mol. The molecule has 4 rings (SSSR count). The molecule has 6 nitrogen and oxygen atoms in total. The van der Waals surface area contributed by atoms with Crippen molar-refractivity contribution in [2.24, 2.45) is 0 Å². The number of phenols is 1. The van der Waals surface area contributed by atoms with E-state index >= 15 is 0 Å². The number of hydrogen-bond donors (Lipinski definition) is 3. The molecule has 172 valence electrons. The van der Waals surface area contributed by atoms with E-state index < -0.39 is 6.23 Å². The van der Waals surface area contributed by atoms with Gasteiger partial charge in [-0.15, -0.1) is 0 Å². The zero-order valence-corrected chi connectivity index (χ0v) is 18.7. The van der Waals surface area contributed by atoms with Crippen LogP contribution in [0.3, 0.4) is 0 Å². The van der Waals surface area contributed by atoms with Crippen molar-refractivity contribution >= 4 is 17.2 Å². The van der Waals surface area contributed by atoms with Gasteiger partial charge in [0, 0.05) is 6.42 Å². The molecule has 1 atom stereocenters. The van der Waals surface area contributed by atoms with Gasteiger partial charge in [0.15, 0.2) is 11.5 Å². The van der Waals surface area contributed by atoms with Crippen LogP contribution in [-0.2, 0) is 6.54 Å². The molecule has 1 aliphatic carbocycles. The Morgan fingerprint density at radius 3 is 2.45 bits per heavy atom. The van der Waals surface area contributed by atoms with Crippen LogP contribution in [0.5, 0.6) is 17.2 Å². The van der Waals surface area contributed by atoms with Gasteiger partial charge in [0.1, 0.15) is 17.8 Å². The summed E-state index contributed by atoms with van der Waals surface area (Å²) in [6, 6.07) is 11.7. The van der Waals surface area contributed by atoms with Crippen LogP contribution in [0.25, 0.3) is 17.2 Å². The van der Waals surface area contributed by atoms with Gasteiger partial charge in [-0.05, 0) is 82.8 Å². The van der Waals surface area contributed by atoms with Gasteiger partial charge >= 0.3 is 0 Å². The quantitative estimate of drug-likeness (QED) is 0.420. The number of phenolic OH excluding ortho intramolecular Hbond substituents is 1. The maximum Gasteiger partial charge on any atom is 0.200 e. The van der Waals surface area contributed by atoms with E-state index in [2.05, 4.69) is 5.32 Å². The lowest BCUT2D eigenvalue weighted by atomic mass is 10.00. The molecule has 1 heterocycles. The minimum Gasteiger partial charge on any atom is -0.502 e. The number of aromatic hydroxyl groups is 1. The van der Waals surface area contributed by atoms with Crippen molar-refractivity contribution in [1.82, 2.24) is 5.32 Å². The topological polar surface area (TPSA) is 84.1 Å². The van der Waals surface area contributed by atoms with Crippen LogP contribution in [0.4, 0.5) is 4.39 Å². The minimum absolute atomic E-state index is 0.0743. The highest BCUT2D eigenvalue weighted by Crippen LogP contribution is 2.45. The van der Waals surface area contributed by atoms with Gasteiger partial charge in [0.05, 0.1) is 27.0 Å². The van der Waals surface area contributed by atoms with Crippen molar-refractivity contribution in [2.75, 3.05) is 14.2 Å². The first-order chi connectivity index (χ1) is 15.9. The summed E-state index contributed by atoms with van der Waals surface area (Å²) in [7, 11) is 2.94. The third-order valence-electron chi connectivity index (χ3n) is 5.76. The number of aliphatic hydroxyl groups is 1. The molecule has 0 spiro atoms. The molecular formula is C26H26FNO5. The Labute approximate surface area is 191 Å². The molecule has 1 aliphatic rings. The van der Waals surface area contributed by atoms with Crippen molar-refractivity contribution in [2.45, 2.75) is 26.1 Å². The van der Waals surface area contributed by atoms with Crippen molar-refractivity contribution in [3.63, 3.8) is 0 Å². The molecule has 2 aromatic carbocycles. The lowest BCUT2D eigenvalue weighted by molar-refractivity contribution is 0.137. The molecule has 33 heavy (non-hydrogen) atoms. The van der Waals surface area contributed by atoms with E-state index in [1.807, 2.05) is 19.1 Å². The molecule has 7 heteroatoms. The molecule has 3 N–H and O–H groups in total. The number of halogens is 1. The van der Waals surface area contributed by atoms with Crippen LogP contribution < -0.4 is 14.8 Å². The van der Waals surface area contributed by atoms with Gasteiger partial charge < -0.3 is 24.1 Å². The van der Waals surface area contributed by atoms with E-state index in [9.17, 15) is 14.6 Å². The average Bonchev–Trinajstić information content (AvgIpc) is 3.41. The van der Waals surface area contributed by atoms with Gasteiger partial charge in [-0.3, -0.25) is 5.32 Å². The zero-order valence-electron chi connectivity index (χ0n) is 18.7. The van der Waals surface area contributed by atoms with Crippen molar-refractivity contribution in [3.05, 3.63) is 82.6 Å². The second-order valence-electron chi connectivity index (χ2n) is 7.81. The highest BCUT2D eigenvalue weighted by atomic mass is 19.1. The van der Waals surface area contributed by atoms with Gasteiger partial charge in [0.2, 0.25) is 5.75 Å². The van der Waals surface area contributed by atoms with Gasteiger partial charge in [-0.1, -0.05) is 6.07 Å². The number of allylic oxidation sites excluding steroid dienone is 2. The van der Waals surface area contributed by atoms with Crippen LogP contribution in [0.1, 0.15) is 35.8 Å². The number of rotatable bonds is 8. The zero-order chi connectivity index (χ0) is 23.5. The van der Waals surface area contributed by atoms with E-state index in [0.717, 1.165) is 33.4 Å². The Bertz CT molecular complexity index is 1190. The first kappa shape index (κ1) is 22.6. The van der Waals surface area contributed by atoms with E-state index in [1.165, 1.54) is 26.4 Å². The third-order valence-corrected chi connectivity index (χ3v) is 5.76. The maximum atomic E-state index is 14.1. The maximum absolute atomic E-state index is 14.1. The number of methoxy groups -OCH3 is 2. The largest absolute Gasteiger partial charge is 0.502 e. The Hall–Kier alpha value is -3.55. The van der Waals surface area contributed by atoms with E-state index in [4.69, 9.17) is 13.9 Å². The van der Waals surface area contributed by atoms with Crippen molar-refractivity contribution < 1.29 is 28.5 Å². The lowest BCUT2D eigenvalue weighted by Crippen LogP contribution is -2.28. The summed E-state index contributed by atoms with van der Waals surface area (Å²) in [6.07, 6.45) is 2.97. The van der Waals surface area contributed by atoms with Crippen LogP contribution in [0.15, 0.2) is 58.7 Å². The normalized spacial score (nSPS) is 15.1. The Balaban J connectivity index is 1.69. The Morgan fingerprint density at radius 1 is 1.09 bits per heavy atom. The van der Waals surface area contributed by atoms with E-state index in [1.54, 1.807) is 30.5 Å². The van der Waals surface area contributed by atoms with E-state index in [0.29, 0.717) is 18.7 Å². The van der Waals surface area contributed by atoms with Gasteiger partial charge in [-0.2, -0.15) is 0 Å². The number of aliphatic hydroxyl groups excluding tert-OH is 1. The molecule has 0 aliphatic heterocycles. The number of benzene rings is 2. The predicted octanol–water partition coefficient (Wildman–Crippen LogP) is 4.97. The van der Waals surface area contributed by atoms with E-state index in [-0.39, 0.29) is 23.1 Å². The molecule has 1 aromatic heterocycles. The van der Waals surface area contributed by atoms with Crippen LogP contribution in [0.2, 0.25) is 0 Å². The molecule has 0 fully saturated rings. The monoisotopic (exact) mass is 451 g/mol. The summed E-state index contributed by atoms with van der Waals surface area (Å²) in [5.41, 5.74) is 5.05. The number of ether oxygens (including phenoxy) is 2. The number of fused-ring (bicyclic) bond motifs is 1. The molecule has 0 bridgehead atoms. The summed E-state index contributed by atoms with van der Waals surface area (Å²) < 4.78 is 30.0. The van der Waals surface area contributed by atoms with Crippen LogP contribution in [0, 0.1) is 5.82 Å². The molecule has 1 unspecified atom stereocenters. The van der Waals surface area contributed by atoms with Gasteiger partial charge in [-0.25, -0.2) is 4.39 Å². The van der Waals surface area contributed by atoms with Crippen LogP contribution >= 0.6 is 0 Å². The fourth-order valence-corrected chi connectivity index (χ4v) is 4.08. The molecular weight excluding hydrogens is 425 g/mol. The lowest BCUT2D eigenvalue weighted by Gasteiger charge is -2.14. The van der Waals surface area contributed by atoms with Crippen molar-refractivity contribution in [3.8, 4) is 17.2 Å². The molecule has 0 amide bonds. The second kappa shape index (κ2) is 9.52.